The molecule has 27 heavy (non-hydrogen) atoms. The summed E-state index contributed by atoms with van der Waals surface area (Å²) in [6, 6.07) is 3.23. The molecular weight excluding hydrogens is 407 g/mol. The van der Waals surface area contributed by atoms with Crippen LogP contribution >= 0.6 is 23.1 Å². The number of alkyl halides is 3. The van der Waals surface area contributed by atoms with Gasteiger partial charge in [-0.1, -0.05) is 11.3 Å². The average Bonchev–Trinajstić information content (AvgIpc) is 3.26. The summed E-state index contributed by atoms with van der Waals surface area (Å²) in [5.74, 6) is 0.955. The minimum Gasteiger partial charge on any atom is -0.496 e. The first-order valence-corrected chi connectivity index (χ1v) is 9.31. The van der Waals surface area contributed by atoms with Crippen LogP contribution in [-0.2, 0) is 11.0 Å². The molecule has 0 spiro atoms. The molecule has 1 saturated heterocycles. The molecule has 0 bridgehead atoms. The highest BCUT2D eigenvalue weighted by atomic mass is 32.2. The Morgan fingerprint density at radius 1 is 1.07 bits per heavy atom. The molecule has 1 fully saturated rings. The number of ether oxygens (including phenoxy) is 3. The molecule has 0 N–H and O–H groups in total. The molecule has 1 aliphatic rings. The lowest BCUT2D eigenvalue weighted by atomic mass is 10.1. The fourth-order valence-corrected chi connectivity index (χ4v) is 4.53. The van der Waals surface area contributed by atoms with Crippen LogP contribution in [0.2, 0.25) is 0 Å². The molecule has 12 heteroatoms. The molecule has 0 radical (unpaired) electrons. The molecule has 7 nitrogen and oxygen atoms in total. The van der Waals surface area contributed by atoms with Crippen LogP contribution in [0.25, 0.3) is 0 Å². The van der Waals surface area contributed by atoms with Crippen molar-refractivity contribution in [3.05, 3.63) is 22.7 Å². The summed E-state index contributed by atoms with van der Waals surface area (Å²) in [5.41, 5.74) is 0.551. The molecule has 1 aromatic heterocycles. The van der Waals surface area contributed by atoms with E-state index in [9.17, 15) is 18.0 Å². The number of methoxy groups -OCH3 is 3. The standard InChI is InChI=1S/C15H14F3N3O4S2/c1-23-8-5-10(25-3)9(24-2)4-7(8)12-21(11(22)6-26-12)14-20-19-13(27-14)15(16,17)18/h4-5,12H,6H2,1-3H3/t12-/m0/s1. The van der Waals surface area contributed by atoms with Crippen molar-refractivity contribution in [1.29, 1.82) is 0 Å². The van der Waals surface area contributed by atoms with Crippen LogP contribution in [0.3, 0.4) is 0 Å². The van der Waals surface area contributed by atoms with Crippen molar-refractivity contribution in [3.8, 4) is 17.2 Å². The zero-order valence-corrected chi connectivity index (χ0v) is 16.0. The minimum atomic E-state index is -4.62. The van der Waals surface area contributed by atoms with E-state index in [0.29, 0.717) is 34.1 Å². The fraction of sp³-hybridized carbons (Fsp3) is 0.400. The Morgan fingerprint density at radius 2 is 1.70 bits per heavy atom. The highest BCUT2D eigenvalue weighted by Crippen LogP contribution is 2.49. The summed E-state index contributed by atoms with van der Waals surface area (Å²) in [6.45, 7) is 0. The van der Waals surface area contributed by atoms with Crippen LogP contribution in [0.1, 0.15) is 15.9 Å². The average molecular weight is 421 g/mol. The summed E-state index contributed by atoms with van der Waals surface area (Å²) >= 11 is 1.56. The highest BCUT2D eigenvalue weighted by molar-refractivity contribution is 8.00. The van der Waals surface area contributed by atoms with Gasteiger partial charge >= 0.3 is 6.18 Å². The Labute approximate surface area is 160 Å². The molecular formula is C15H14F3N3O4S2. The third-order valence-electron chi connectivity index (χ3n) is 3.73. The number of halogens is 3. The van der Waals surface area contributed by atoms with E-state index in [1.54, 1.807) is 12.1 Å². The number of carbonyl (C=O) groups excluding carboxylic acids is 1. The quantitative estimate of drug-likeness (QED) is 0.733. The molecule has 0 saturated carbocycles. The number of rotatable bonds is 5. The number of hydrogen-bond donors (Lipinski definition) is 0. The second kappa shape index (κ2) is 7.43. The van der Waals surface area contributed by atoms with Crippen LogP contribution in [0.5, 0.6) is 17.2 Å². The maximum absolute atomic E-state index is 12.9. The van der Waals surface area contributed by atoms with E-state index < -0.39 is 16.6 Å². The summed E-state index contributed by atoms with van der Waals surface area (Å²) in [5, 5.41) is 4.85. The van der Waals surface area contributed by atoms with Crippen molar-refractivity contribution in [1.82, 2.24) is 10.2 Å². The minimum absolute atomic E-state index is 0.0864. The van der Waals surface area contributed by atoms with Gasteiger partial charge in [0.25, 0.3) is 0 Å². The lowest BCUT2D eigenvalue weighted by molar-refractivity contribution is -0.138. The topological polar surface area (TPSA) is 73.8 Å². The fourth-order valence-electron chi connectivity index (χ4n) is 2.53. The number of thioether (sulfide) groups is 1. The van der Waals surface area contributed by atoms with Crippen molar-refractivity contribution in [2.75, 3.05) is 32.0 Å². The molecule has 2 heterocycles. The van der Waals surface area contributed by atoms with Gasteiger partial charge in [0.05, 0.1) is 27.1 Å². The van der Waals surface area contributed by atoms with E-state index in [1.165, 1.54) is 38.0 Å². The number of carbonyl (C=O) groups is 1. The number of hydrogen-bond acceptors (Lipinski definition) is 8. The van der Waals surface area contributed by atoms with Crippen LogP contribution < -0.4 is 19.1 Å². The normalized spacial score (nSPS) is 17.3. The maximum Gasteiger partial charge on any atom is 0.445 e. The molecule has 2 aromatic rings. The lowest BCUT2D eigenvalue weighted by Crippen LogP contribution is -2.28. The summed E-state index contributed by atoms with van der Waals surface area (Å²) in [7, 11) is 4.37. The van der Waals surface area contributed by atoms with Crippen molar-refractivity contribution in [3.63, 3.8) is 0 Å². The van der Waals surface area contributed by atoms with Gasteiger partial charge in [-0.3, -0.25) is 9.69 Å². The Bertz CT molecular complexity index is 859. The third kappa shape index (κ3) is 3.63. The number of amides is 1. The van der Waals surface area contributed by atoms with Gasteiger partial charge in [0.1, 0.15) is 11.1 Å². The van der Waals surface area contributed by atoms with E-state index in [4.69, 9.17) is 14.2 Å². The van der Waals surface area contributed by atoms with Gasteiger partial charge in [-0.25, -0.2) is 0 Å². The van der Waals surface area contributed by atoms with Crippen molar-refractivity contribution in [2.24, 2.45) is 0 Å². The Morgan fingerprint density at radius 3 is 2.26 bits per heavy atom. The highest BCUT2D eigenvalue weighted by Gasteiger charge is 2.41. The van der Waals surface area contributed by atoms with E-state index in [2.05, 4.69) is 10.2 Å². The van der Waals surface area contributed by atoms with Gasteiger partial charge in [-0.05, 0) is 6.07 Å². The largest absolute Gasteiger partial charge is 0.496 e. The lowest BCUT2D eigenvalue weighted by Gasteiger charge is -2.24. The zero-order valence-electron chi connectivity index (χ0n) is 14.4. The number of benzene rings is 1. The second-order valence-corrected chi connectivity index (χ2v) is 7.29. The van der Waals surface area contributed by atoms with E-state index in [1.807, 2.05) is 0 Å². The van der Waals surface area contributed by atoms with Crippen LogP contribution in [-0.4, -0.2) is 43.2 Å². The molecule has 0 unspecified atom stereocenters. The Kier molecular flexibility index (Phi) is 5.38. The third-order valence-corrected chi connectivity index (χ3v) is 5.89. The Balaban J connectivity index is 2.05. The molecule has 1 amide bonds. The summed E-state index contributed by atoms with van der Waals surface area (Å²) in [4.78, 5) is 13.6. The van der Waals surface area contributed by atoms with Gasteiger partial charge in [-0.2, -0.15) is 13.2 Å². The number of aromatic nitrogens is 2. The summed E-state index contributed by atoms with van der Waals surface area (Å²) in [6.07, 6.45) is -4.62. The van der Waals surface area contributed by atoms with Crippen LogP contribution in [0.4, 0.5) is 18.3 Å². The van der Waals surface area contributed by atoms with Crippen molar-refractivity contribution >= 4 is 34.1 Å². The van der Waals surface area contributed by atoms with E-state index in [0.717, 1.165) is 0 Å². The van der Waals surface area contributed by atoms with Gasteiger partial charge < -0.3 is 14.2 Å². The van der Waals surface area contributed by atoms with Crippen LogP contribution in [0.15, 0.2) is 12.1 Å². The molecule has 1 atom stereocenters. The number of anilines is 1. The number of nitrogens with zero attached hydrogens (tertiary/aromatic N) is 3. The van der Waals surface area contributed by atoms with Gasteiger partial charge in [0.15, 0.2) is 11.5 Å². The van der Waals surface area contributed by atoms with Crippen molar-refractivity contribution in [2.45, 2.75) is 11.6 Å². The SMILES string of the molecule is COc1cc(OC)c([C@@H]2SCC(=O)N2c2nnc(C(F)(F)F)s2)cc1OC. The Hall–Kier alpha value is -2.21. The molecule has 1 aliphatic heterocycles. The first-order chi connectivity index (χ1) is 12.8. The molecule has 0 aliphatic carbocycles. The van der Waals surface area contributed by atoms with Gasteiger partial charge in [0, 0.05) is 11.6 Å². The monoisotopic (exact) mass is 421 g/mol. The van der Waals surface area contributed by atoms with E-state index in [-0.39, 0.29) is 16.8 Å². The van der Waals surface area contributed by atoms with Crippen molar-refractivity contribution < 1.29 is 32.2 Å². The molecule has 1 aromatic carbocycles. The van der Waals surface area contributed by atoms with Gasteiger partial charge in [0.2, 0.25) is 16.0 Å². The smallest absolute Gasteiger partial charge is 0.445 e. The maximum atomic E-state index is 12.9. The first kappa shape index (κ1) is 19.5. The molecule has 3 rings (SSSR count). The van der Waals surface area contributed by atoms with E-state index >= 15 is 0 Å². The summed E-state index contributed by atoms with van der Waals surface area (Å²) < 4.78 is 54.5. The molecule has 146 valence electrons. The zero-order chi connectivity index (χ0) is 19.8. The predicted octanol–water partition coefficient (Wildman–Crippen LogP) is 3.36. The second-order valence-electron chi connectivity index (χ2n) is 5.26. The predicted molar refractivity (Wildman–Crippen MR) is 93.7 cm³/mol. The first-order valence-electron chi connectivity index (χ1n) is 7.44. The van der Waals surface area contributed by atoms with Gasteiger partial charge in [-0.15, -0.1) is 22.0 Å². The van der Waals surface area contributed by atoms with Crippen LogP contribution in [0, 0.1) is 0 Å².